The van der Waals surface area contributed by atoms with Crippen LogP contribution < -0.4 is 11.5 Å². The lowest BCUT2D eigenvalue weighted by atomic mass is 10.1. The summed E-state index contributed by atoms with van der Waals surface area (Å²) in [6, 6.07) is 5.79. The molecule has 0 saturated carbocycles. The van der Waals surface area contributed by atoms with Crippen LogP contribution in [0.4, 0.5) is 23.0 Å². The molecule has 0 amide bonds. The highest BCUT2D eigenvalue weighted by Gasteiger charge is 2.23. The minimum absolute atomic E-state index is 0.0322. The Hall–Kier alpha value is -3.41. The van der Waals surface area contributed by atoms with Crippen LogP contribution in [0.3, 0.4) is 0 Å². The number of hydrogen-bond acceptors (Lipinski definition) is 14. The fraction of sp³-hybridized carbons (Fsp3) is 0.0588. The average molecular weight is 543 g/mol. The molecule has 0 unspecified atom stereocenters. The number of nitrogens with zero attached hydrogens (tertiary/aromatic N) is 4. The molecule has 35 heavy (non-hydrogen) atoms. The molecular weight excluding hydrogens is 528 g/mol. The van der Waals surface area contributed by atoms with Gasteiger partial charge in [0.05, 0.1) is 17.6 Å². The molecule has 0 bridgehead atoms. The second-order valence-electron chi connectivity index (χ2n) is 6.68. The van der Waals surface area contributed by atoms with Crippen LogP contribution >= 0.6 is 12.0 Å². The molecule has 0 aliphatic carbocycles. The van der Waals surface area contributed by atoms with Crippen molar-refractivity contribution in [3.05, 3.63) is 35.4 Å². The van der Waals surface area contributed by atoms with Gasteiger partial charge in [-0.2, -0.15) is 22.1 Å². The molecule has 15 nitrogen and oxygen atoms in total. The van der Waals surface area contributed by atoms with E-state index in [0.29, 0.717) is 12.0 Å². The molecule has 0 radical (unpaired) electrons. The van der Waals surface area contributed by atoms with E-state index < -0.39 is 35.7 Å². The maximum atomic E-state index is 12.0. The van der Waals surface area contributed by atoms with Crippen LogP contribution in [0.5, 0.6) is 0 Å². The van der Waals surface area contributed by atoms with Gasteiger partial charge in [-0.05, 0) is 36.6 Å². The fourth-order valence-electron chi connectivity index (χ4n) is 3.03. The lowest BCUT2D eigenvalue weighted by Gasteiger charge is -2.11. The number of aromatic nitrogens is 1. The molecule has 1 aromatic heterocycles. The molecule has 2 aromatic carbocycles. The zero-order valence-electron chi connectivity index (χ0n) is 17.3. The molecule has 18 heteroatoms. The largest absolute Gasteiger partial charge is 0.383 e. The zero-order chi connectivity index (χ0) is 26.1. The van der Waals surface area contributed by atoms with E-state index >= 15 is 0 Å². The van der Waals surface area contributed by atoms with E-state index in [1.165, 1.54) is 13.0 Å². The summed E-state index contributed by atoms with van der Waals surface area (Å²) >= 11 is 0.339. The molecular formula is C17H14N6O9S3. The van der Waals surface area contributed by atoms with E-state index in [1.807, 2.05) is 6.07 Å². The first-order valence-corrected chi connectivity index (χ1v) is 12.5. The molecule has 7 N–H and O–H groups in total. The van der Waals surface area contributed by atoms with Crippen molar-refractivity contribution in [2.75, 3.05) is 11.5 Å². The zero-order valence-corrected chi connectivity index (χ0v) is 19.7. The SMILES string of the molecule is Cc1c(C#N)c(N)nc(N)c1N=Nc1cc2c(S(=O)(=O)O)cc(SOOO)cc2cc1S(=O)(=O)O. The predicted octanol–water partition coefficient (Wildman–Crippen LogP) is 2.92. The lowest BCUT2D eigenvalue weighted by molar-refractivity contribution is -0.432. The summed E-state index contributed by atoms with van der Waals surface area (Å²) in [5.41, 5.74) is 10.9. The van der Waals surface area contributed by atoms with Gasteiger partial charge < -0.3 is 11.5 Å². The maximum Gasteiger partial charge on any atom is 0.296 e. The first kappa shape index (κ1) is 26.2. The van der Waals surface area contributed by atoms with Gasteiger partial charge >= 0.3 is 0 Å². The number of benzene rings is 2. The number of hydrogen-bond donors (Lipinski definition) is 5. The quantitative estimate of drug-likeness (QED) is 0.0945. The second kappa shape index (κ2) is 9.68. The van der Waals surface area contributed by atoms with E-state index in [9.17, 15) is 31.2 Å². The van der Waals surface area contributed by atoms with Gasteiger partial charge in [0.15, 0.2) is 5.82 Å². The van der Waals surface area contributed by atoms with Crippen LogP contribution in [-0.2, 0) is 29.6 Å². The Labute approximate surface area is 201 Å². The van der Waals surface area contributed by atoms with E-state index in [0.717, 1.165) is 18.2 Å². The molecule has 184 valence electrons. The van der Waals surface area contributed by atoms with Crippen molar-refractivity contribution in [1.82, 2.24) is 4.98 Å². The number of nitriles is 1. The molecule has 0 aliphatic rings. The number of nitrogen functional groups attached to an aromatic ring is 2. The van der Waals surface area contributed by atoms with Crippen LogP contribution in [0.25, 0.3) is 10.8 Å². The fourth-order valence-corrected chi connectivity index (χ4v) is 4.93. The smallest absolute Gasteiger partial charge is 0.296 e. The molecule has 0 spiro atoms. The highest BCUT2D eigenvalue weighted by molar-refractivity contribution is 7.94. The number of rotatable bonds is 7. The van der Waals surface area contributed by atoms with Gasteiger partial charge in [0.1, 0.15) is 33.1 Å². The third kappa shape index (κ3) is 5.47. The molecule has 0 fully saturated rings. The second-order valence-corrected chi connectivity index (χ2v) is 10.2. The minimum atomic E-state index is -4.93. The summed E-state index contributed by atoms with van der Waals surface area (Å²) < 4.78 is 71.6. The van der Waals surface area contributed by atoms with Crippen molar-refractivity contribution in [3.63, 3.8) is 0 Å². The highest BCUT2D eigenvalue weighted by atomic mass is 32.2. The van der Waals surface area contributed by atoms with Crippen LogP contribution in [0, 0.1) is 18.3 Å². The third-order valence-corrected chi connectivity index (χ3v) is 6.86. The van der Waals surface area contributed by atoms with Gasteiger partial charge in [-0.25, -0.2) is 10.2 Å². The summed E-state index contributed by atoms with van der Waals surface area (Å²) in [6.07, 6.45) is 0. The van der Waals surface area contributed by atoms with Crippen molar-refractivity contribution < 1.29 is 40.6 Å². The van der Waals surface area contributed by atoms with E-state index in [-0.39, 0.29) is 44.1 Å². The maximum absolute atomic E-state index is 12.0. The number of azo groups is 1. The van der Waals surface area contributed by atoms with Crippen molar-refractivity contribution in [2.24, 2.45) is 10.2 Å². The van der Waals surface area contributed by atoms with Crippen LogP contribution in [0.2, 0.25) is 0 Å². The normalized spacial score (nSPS) is 12.3. The average Bonchev–Trinajstić information content (AvgIpc) is 2.75. The summed E-state index contributed by atoms with van der Waals surface area (Å²) in [6.45, 7) is 1.44. The van der Waals surface area contributed by atoms with Crippen molar-refractivity contribution in [1.29, 1.82) is 5.26 Å². The molecule has 3 rings (SSSR count). The predicted molar refractivity (Wildman–Crippen MR) is 121 cm³/mol. The Balaban J connectivity index is 2.33. The van der Waals surface area contributed by atoms with Gasteiger partial charge in [0.25, 0.3) is 20.2 Å². The van der Waals surface area contributed by atoms with Crippen LogP contribution in [0.15, 0.2) is 49.2 Å². The third-order valence-electron chi connectivity index (χ3n) is 4.52. The van der Waals surface area contributed by atoms with Gasteiger partial charge in [0, 0.05) is 15.8 Å². The summed E-state index contributed by atoms with van der Waals surface area (Å²) in [5.74, 6) is -0.392. The van der Waals surface area contributed by atoms with Crippen molar-refractivity contribution in [3.8, 4) is 6.07 Å². The molecule has 0 saturated heterocycles. The Morgan fingerprint density at radius 2 is 1.69 bits per heavy atom. The lowest BCUT2D eigenvalue weighted by Crippen LogP contribution is -2.03. The summed E-state index contributed by atoms with van der Waals surface area (Å²) in [5, 5.41) is 28.3. The van der Waals surface area contributed by atoms with Gasteiger partial charge in [-0.1, -0.05) is 5.04 Å². The molecule has 3 aromatic rings. The Morgan fingerprint density at radius 3 is 2.26 bits per heavy atom. The van der Waals surface area contributed by atoms with Gasteiger partial charge in [-0.3, -0.25) is 9.11 Å². The number of fused-ring (bicyclic) bond motifs is 1. The van der Waals surface area contributed by atoms with Gasteiger partial charge in [-0.15, -0.1) is 14.6 Å². The van der Waals surface area contributed by atoms with Crippen LogP contribution in [0.1, 0.15) is 11.1 Å². The molecule has 0 atom stereocenters. The first-order chi connectivity index (χ1) is 16.3. The molecule has 1 heterocycles. The number of anilines is 2. The Kier molecular flexibility index (Phi) is 7.25. The summed E-state index contributed by atoms with van der Waals surface area (Å²) in [4.78, 5) is 2.28. The Bertz CT molecular complexity index is 1630. The Morgan fingerprint density at radius 1 is 1.03 bits per heavy atom. The monoisotopic (exact) mass is 542 g/mol. The topological polar surface area (TPSA) is 261 Å². The first-order valence-electron chi connectivity index (χ1n) is 8.86. The van der Waals surface area contributed by atoms with Crippen molar-refractivity contribution >= 4 is 66.1 Å². The standard InChI is InChI=1S/C17H14N6O9S3/c1-7-11(6-18)16(19)21-17(20)15(7)23-22-12-5-10-8(3-14(12)35(28,29)30)2-9(33-32-31-24)4-13(10)34(25,26)27/h2-5,24H,1H3,(H4,19,20,21)(H,25,26,27)(H,28,29,30). The highest BCUT2D eigenvalue weighted by Crippen LogP contribution is 2.38. The number of nitrogens with two attached hydrogens (primary N) is 2. The van der Waals surface area contributed by atoms with E-state index in [1.54, 1.807) is 0 Å². The van der Waals surface area contributed by atoms with Crippen molar-refractivity contribution in [2.45, 2.75) is 21.6 Å². The molecule has 0 aliphatic heterocycles. The van der Waals surface area contributed by atoms with E-state index in [4.69, 9.17) is 16.7 Å². The minimum Gasteiger partial charge on any atom is -0.383 e. The summed E-state index contributed by atoms with van der Waals surface area (Å²) in [7, 11) is -9.81. The number of pyridine rings is 1. The van der Waals surface area contributed by atoms with Crippen LogP contribution in [-0.4, -0.2) is 36.2 Å². The van der Waals surface area contributed by atoms with E-state index in [2.05, 4.69) is 24.6 Å². The van der Waals surface area contributed by atoms with Gasteiger partial charge in [0.2, 0.25) is 0 Å².